The van der Waals surface area contributed by atoms with Gasteiger partial charge in [-0.3, -0.25) is 14.9 Å². The molecule has 3 heterocycles. The number of aryl methyl sites for hydroxylation is 1. The maximum absolute atomic E-state index is 13.2. The van der Waals surface area contributed by atoms with E-state index >= 15 is 0 Å². The van der Waals surface area contributed by atoms with Crippen LogP contribution in [0.1, 0.15) is 41.2 Å². The molecular formula is C26H28N4O4. The van der Waals surface area contributed by atoms with Crippen LogP contribution in [-0.2, 0) is 4.79 Å². The first kappa shape index (κ1) is 22.0. The lowest BCUT2D eigenvalue weighted by Gasteiger charge is -2.27. The van der Waals surface area contributed by atoms with E-state index in [0.29, 0.717) is 54.8 Å². The highest BCUT2D eigenvalue weighted by molar-refractivity contribution is 6.04. The van der Waals surface area contributed by atoms with Crippen LogP contribution >= 0.6 is 0 Å². The zero-order chi connectivity index (χ0) is 23.7. The SMILES string of the molecule is C=CC(=O)N1CCCC[C@@H](n2c(NC(=O)c3cccc(C)c3)nc3ccc4c(c32)OCCO4)C1. The van der Waals surface area contributed by atoms with Crippen molar-refractivity contribution in [1.82, 2.24) is 14.5 Å². The van der Waals surface area contributed by atoms with Gasteiger partial charge >= 0.3 is 0 Å². The molecule has 8 heteroatoms. The Morgan fingerprint density at radius 1 is 1.18 bits per heavy atom. The fourth-order valence-corrected chi connectivity index (χ4v) is 4.75. The van der Waals surface area contributed by atoms with Gasteiger partial charge in [0.25, 0.3) is 5.91 Å². The number of imidazole rings is 1. The molecule has 0 saturated carbocycles. The predicted molar refractivity (Wildman–Crippen MR) is 130 cm³/mol. The monoisotopic (exact) mass is 460 g/mol. The van der Waals surface area contributed by atoms with Gasteiger partial charge in [0.05, 0.1) is 11.6 Å². The first-order valence-electron chi connectivity index (χ1n) is 11.6. The number of carbonyl (C=O) groups excluding carboxylic acids is 2. The molecule has 1 aromatic heterocycles. The average molecular weight is 461 g/mol. The van der Waals surface area contributed by atoms with Crippen molar-refractivity contribution in [3.63, 3.8) is 0 Å². The summed E-state index contributed by atoms with van der Waals surface area (Å²) >= 11 is 0. The van der Waals surface area contributed by atoms with Crippen molar-refractivity contribution in [2.24, 2.45) is 0 Å². The number of benzene rings is 2. The van der Waals surface area contributed by atoms with E-state index in [2.05, 4.69) is 11.9 Å². The van der Waals surface area contributed by atoms with Crippen LogP contribution in [0, 0.1) is 6.92 Å². The number of anilines is 1. The van der Waals surface area contributed by atoms with E-state index in [1.54, 1.807) is 6.07 Å². The Bertz CT molecular complexity index is 1270. The van der Waals surface area contributed by atoms with Crippen LogP contribution < -0.4 is 14.8 Å². The number of nitrogens with zero attached hydrogens (tertiary/aromatic N) is 3. The largest absolute Gasteiger partial charge is 0.486 e. The summed E-state index contributed by atoms with van der Waals surface area (Å²) in [6.45, 7) is 7.70. The molecule has 2 aromatic carbocycles. The third-order valence-corrected chi connectivity index (χ3v) is 6.36. The Kier molecular flexibility index (Phi) is 5.96. The molecule has 0 spiro atoms. The van der Waals surface area contributed by atoms with E-state index in [1.807, 2.05) is 46.7 Å². The summed E-state index contributed by atoms with van der Waals surface area (Å²) in [5, 5.41) is 3.02. The minimum absolute atomic E-state index is 0.0942. The normalized spacial score (nSPS) is 17.8. The number of hydrogen-bond acceptors (Lipinski definition) is 5. The second kappa shape index (κ2) is 9.21. The Hall–Kier alpha value is -3.81. The summed E-state index contributed by atoms with van der Waals surface area (Å²) in [5.74, 6) is 1.38. The molecule has 1 saturated heterocycles. The average Bonchev–Trinajstić information content (AvgIpc) is 3.04. The number of hydrogen-bond donors (Lipinski definition) is 1. The van der Waals surface area contributed by atoms with Gasteiger partial charge in [0.2, 0.25) is 11.9 Å². The van der Waals surface area contributed by atoms with Gasteiger partial charge in [-0.25, -0.2) is 4.98 Å². The van der Waals surface area contributed by atoms with Crippen LogP contribution in [0.3, 0.4) is 0 Å². The predicted octanol–water partition coefficient (Wildman–Crippen LogP) is 4.11. The van der Waals surface area contributed by atoms with Gasteiger partial charge in [0.15, 0.2) is 11.5 Å². The molecule has 1 fully saturated rings. The summed E-state index contributed by atoms with van der Waals surface area (Å²) in [6, 6.07) is 11.1. The molecule has 0 radical (unpaired) electrons. The molecular weight excluding hydrogens is 432 g/mol. The van der Waals surface area contributed by atoms with Crippen LogP contribution in [0.4, 0.5) is 5.95 Å². The van der Waals surface area contributed by atoms with Crippen molar-refractivity contribution in [3.05, 3.63) is 60.2 Å². The fourth-order valence-electron chi connectivity index (χ4n) is 4.75. The zero-order valence-corrected chi connectivity index (χ0v) is 19.3. The number of likely N-dealkylation sites (tertiary alicyclic amines) is 1. The number of ether oxygens (including phenoxy) is 2. The number of fused-ring (bicyclic) bond motifs is 3. The lowest BCUT2D eigenvalue weighted by atomic mass is 10.1. The van der Waals surface area contributed by atoms with E-state index in [4.69, 9.17) is 14.5 Å². The molecule has 34 heavy (non-hydrogen) atoms. The van der Waals surface area contributed by atoms with Gasteiger partial charge in [-0.1, -0.05) is 24.3 Å². The maximum Gasteiger partial charge on any atom is 0.257 e. The number of amides is 2. The van der Waals surface area contributed by atoms with Gasteiger partial charge in [-0.2, -0.15) is 0 Å². The summed E-state index contributed by atoms with van der Waals surface area (Å²) in [5.41, 5.74) is 3.04. The Morgan fingerprint density at radius 3 is 2.85 bits per heavy atom. The van der Waals surface area contributed by atoms with E-state index < -0.39 is 0 Å². The van der Waals surface area contributed by atoms with Gasteiger partial charge in [-0.05, 0) is 56.5 Å². The van der Waals surface area contributed by atoms with Crippen LogP contribution in [-0.4, -0.2) is 52.6 Å². The first-order chi connectivity index (χ1) is 16.5. The molecule has 2 aliphatic rings. The lowest BCUT2D eigenvalue weighted by molar-refractivity contribution is -0.126. The summed E-state index contributed by atoms with van der Waals surface area (Å²) < 4.78 is 13.9. The highest BCUT2D eigenvalue weighted by Gasteiger charge is 2.29. The summed E-state index contributed by atoms with van der Waals surface area (Å²) in [4.78, 5) is 32.2. The maximum atomic E-state index is 13.2. The Morgan fingerprint density at radius 2 is 2.03 bits per heavy atom. The van der Waals surface area contributed by atoms with Gasteiger partial charge in [-0.15, -0.1) is 0 Å². The van der Waals surface area contributed by atoms with E-state index in [0.717, 1.165) is 30.3 Å². The Labute approximate surface area is 198 Å². The first-order valence-corrected chi connectivity index (χ1v) is 11.6. The van der Waals surface area contributed by atoms with Gasteiger partial charge in [0, 0.05) is 18.7 Å². The number of rotatable bonds is 4. The molecule has 0 bridgehead atoms. The molecule has 2 aliphatic heterocycles. The zero-order valence-electron chi connectivity index (χ0n) is 19.3. The quantitative estimate of drug-likeness (QED) is 0.593. The van der Waals surface area contributed by atoms with E-state index in [1.165, 1.54) is 6.08 Å². The molecule has 0 unspecified atom stereocenters. The van der Waals surface area contributed by atoms with Crippen LogP contribution in [0.2, 0.25) is 0 Å². The molecule has 5 rings (SSSR count). The molecule has 3 aromatic rings. The molecule has 8 nitrogen and oxygen atoms in total. The van der Waals surface area contributed by atoms with Crippen molar-refractivity contribution in [2.75, 3.05) is 31.6 Å². The smallest absolute Gasteiger partial charge is 0.257 e. The molecule has 2 amide bonds. The van der Waals surface area contributed by atoms with Crippen molar-refractivity contribution in [2.45, 2.75) is 32.2 Å². The highest BCUT2D eigenvalue weighted by atomic mass is 16.6. The van der Waals surface area contributed by atoms with E-state index in [9.17, 15) is 9.59 Å². The highest BCUT2D eigenvalue weighted by Crippen LogP contribution is 2.41. The minimum atomic E-state index is -0.237. The van der Waals surface area contributed by atoms with E-state index in [-0.39, 0.29) is 17.9 Å². The molecule has 1 N–H and O–H groups in total. The summed E-state index contributed by atoms with van der Waals surface area (Å²) in [7, 11) is 0. The molecule has 176 valence electrons. The lowest BCUT2D eigenvalue weighted by Crippen LogP contribution is -2.34. The molecule has 1 atom stereocenters. The van der Waals surface area contributed by atoms with Crippen molar-refractivity contribution < 1.29 is 19.1 Å². The second-order valence-electron chi connectivity index (χ2n) is 8.72. The topological polar surface area (TPSA) is 85.7 Å². The fraction of sp³-hybridized carbons (Fsp3) is 0.346. The van der Waals surface area contributed by atoms with Crippen molar-refractivity contribution in [1.29, 1.82) is 0 Å². The molecule has 0 aliphatic carbocycles. The second-order valence-corrected chi connectivity index (χ2v) is 8.72. The van der Waals surface area contributed by atoms with Gasteiger partial charge in [0.1, 0.15) is 18.7 Å². The number of aromatic nitrogens is 2. The third-order valence-electron chi connectivity index (χ3n) is 6.36. The van der Waals surface area contributed by atoms with Gasteiger partial charge < -0.3 is 18.9 Å². The third kappa shape index (κ3) is 4.11. The van der Waals surface area contributed by atoms with Crippen molar-refractivity contribution >= 4 is 28.8 Å². The number of nitrogens with one attached hydrogen (secondary N) is 1. The van der Waals surface area contributed by atoms with Crippen LogP contribution in [0.5, 0.6) is 11.5 Å². The van der Waals surface area contributed by atoms with Crippen LogP contribution in [0.15, 0.2) is 49.1 Å². The van der Waals surface area contributed by atoms with Crippen LogP contribution in [0.25, 0.3) is 11.0 Å². The van der Waals surface area contributed by atoms with Crippen molar-refractivity contribution in [3.8, 4) is 11.5 Å². The standard InChI is InChI=1S/C26H28N4O4/c1-3-22(31)29-12-5-4-9-19(16-29)30-23-20(10-11-21-24(23)34-14-13-33-21)27-26(30)28-25(32)18-8-6-7-17(2)15-18/h3,6-8,10-11,15,19H,1,4-5,9,12-14,16H2,2H3,(H,27,28,32)/t19-/m1/s1. The number of carbonyl (C=O) groups is 2. The minimum Gasteiger partial charge on any atom is -0.486 e. The summed E-state index contributed by atoms with van der Waals surface area (Å²) in [6.07, 6.45) is 4.05. The Balaban J connectivity index is 1.62.